The summed E-state index contributed by atoms with van der Waals surface area (Å²) >= 11 is 12.7. The molecule has 33 heavy (non-hydrogen) atoms. The number of nitrogens with zero attached hydrogens (tertiary/aromatic N) is 2. The Morgan fingerprint density at radius 2 is 1.73 bits per heavy atom. The molecule has 1 fully saturated rings. The summed E-state index contributed by atoms with van der Waals surface area (Å²) in [5.41, 5.74) is 2.71. The molecule has 0 radical (unpaired) electrons. The monoisotopic (exact) mass is 485 g/mol. The van der Waals surface area contributed by atoms with E-state index in [0.717, 1.165) is 32.1 Å². The van der Waals surface area contributed by atoms with Crippen LogP contribution in [-0.2, 0) is 6.42 Å². The number of carbonyl (C=O) groups is 1. The molecule has 0 saturated heterocycles. The predicted molar refractivity (Wildman–Crippen MR) is 133 cm³/mol. The lowest BCUT2D eigenvalue weighted by molar-refractivity contribution is 0.0769. The average molecular weight is 486 g/mol. The third kappa shape index (κ3) is 4.96. The number of nitrogens with one attached hydrogen (secondary N) is 1. The highest BCUT2D eigenvalue weighted by atomic mass is 35.5. The molecule has 1 aliphatic rings. The number of hydrogen-bond donors (Lipinski definition) is 1. The van der Waals surface area contributed by atoms with Gasteiger partial charge >= 0.3 is 0 Å². The lowest BCUT2D eigenvalue weighted by Gasteiger charge is -2.45. The number of benzene rings is 2. The van der Waals surface area contributed by atoms with Gasteiger partial charge in [0, 0.05) is 17.1 Å². The fourth-order valence-corrected chi connectivity index (χ4v) is 5.43. The second-order valence-corrected chi connectivity index (χ2v) is 9.90. The summed E-state index contributed by atoms with van der Waals surface area (Å²) in [4.78, 5) is 15.6. The third-order valence-electron chi connectivity index (χ3n) is 6.87. The molecule has 1 aromatic heterocycles. The van der Waals surface area contributed by atoms with Crippen LogP contribution in [0.1, 0.15) is 47.4 Å². The normalized spacial score (nSPS) is 20.7. The molecule has 174 valence electrons. The molecule has 1 N–H and O–H groups in total. The van der Waals surface area contributed by atoms with E-state index in [0.29, 0.717) is 32.6 Å². The quantitative estimate of drug-likeness (QED) is 0.453. The molecule has 1 saturated carbocycles. The van der Waals surface area contributed by atoms with Crippen molar-refractivity contribution < 1.29 is 9.32 Å². The zero-order valence-electron chi connectivity index (χ0n) is 19.2. The van der Waals surface area contributed by atoms with Gasteiger partial charge in [0.1, 0.15) is 17.0 Å². The van der Waals surface area contributed by atoms with Crippen LogP contribution in [0.2, 0.25) is 10.0 Å². The van der Waals surface area contributed by atoms with Crippen molar-refractivity contribution >= 4 is 29.1 Å². The Morgan fingerprint density at radius 1 is 1.09 bits per heavy atom. The molecule has 0 aliphatic heterocycles. The van der Waals surface area contributed by atoms with Crippen molar-refractivity contribution in [1.82, 2.24) is 15.4 Å². The molecule has 1 heterocycles. The lowest BCUT2D eigenvalue weighted by Crippen LogP contribution is -2.52. The van der Waals surface area contributed by atoms with Gasteiger partial charge in [-0.25, -0.2) is 0 Å². The Balaban J connectivity index is 1.49. The maximum Gasteiger partial charge on any atom is 0.257 e. The molecule has 0 atom stereocenters. The van der Waals surface area contributed by atoms with E-state index in [9.17, 15) is 4.79 Å². The smallest absolute Gasteiger partial charge is 0.257 e. The molecular weight excluding hydrogens is 457 g/mol. The first-order chi connectivity index (χ1) is 15.8. The van der Waals surface area contributed by atoms with E-state index in [-0.39, 0.29) is 17.5 Å². The summed E-state index contributed by atoms with van der Waals surface area (Å²) in [6.45, 7) is 1.73. The molecule has 0 bridgehead atoms. The summed E-state index contributed by atoms with van der Waals surface area (Å²) < 4.78 is 5.37. The van der Waals surface area contributed by atoms with Gasteiger partial charge in [0.2, 0.25) is 0 Å². The van der Waals surface area contributed by atoms with Gasteiger partial charge in [0.15, 0.2) is 0 Å². The van der Waals surface area contributed by atoms with Crippen LogP contribution in [0.4, 0.5) is 0 Å². The second kappa shape index (κ2) is 9.88. The topological polar surface area (TPSA) is 58.4 Å². The van der Waals surface area contributed by atoms with Crippen molar-refractivity contribution in [3.05, 3.63) is 75.5 Å². The highest BCUT2D eigenvalue weighted by molar-refractivity contribution is 6.39. The van der Waals surface area contributed by atoms with Crippen LogP contribution in [0.25, 0.3) is 11.3 Å². The molecular formula is C26H29Cl2N3O2. The first-order valence-electron chi connectivity index (χ1n) is 11.2. The van der Waals surface area contributed by atoms with E-state index in [4.69, 9.17) is 27.7 Å². The largest absolute Gasteiger partial charge is 0.360 e. The Kier molecular flexibility index (Phi) is 7.13. The van der Waals surface area contributed by atoms with Crippen LogP contribution in [-0.4, -0.2) is 41.6 Å². The molecule has 0 unspecified atom stereocenters. The van der Waals surface area contributed by atoms with E-state index in [1.807, 2.05) is 0 Å². The number of likely N-dealkylation sites (N-methyl/N-ethyl adjacent to an activating group) is 1. The van der Waals surface area contributed by atoms with Gasteiger partial charge in [-0.05, 0) is 70.8 Å². The number of hydrogen-bond acceptors (Lipinski definition) is 4. The zero-order valence-corrected chi connectivity index (χ0v) is 20.7. The molecule has 1 amide bonds. The fraction of sp³-hybridized carbons (Fsp3) is 0.385. The van der Waals surface area contributed by atoms with E-state index in [1.54, 1.807) is 25.1 Å². The molecule has 7 heteroatoms. The van der Waals surface area contributed by atoms with Gasteiger partial charge in [-0.2, -0.15) is 0 Å². The van der Waals surface area contributed by atoms with Gasteiger partial charge in [0.05, 0.1) is 10.0 Å². The minimum atomic E-state index is -0.204. The molecule has 0 spiro atoms. The van der Waals surface area contributed by atoms with Gasteiger partial charge in [0.25, 0.3) is 5.91 Å². The van der Waals surface area contributed by atoms with E-state index in [1.165, 1.54) is 5.56 Å². The van der Waals surface area contributed by atoms with Crippen molar-refractivity contribution in [2.75, 3.05) is 14.1 Å². The summed E-state index contributed by atoms with van der Waals surface area (Å²) in [5.74, 6) is 0.242. The summed E-state index contributed by atoms with van der Waals surface area (Å²) in [6.07, 6.45) is 4.82. The Morgan fingerprint density at radius 3 is 2.33 bits per heavy atom. The van der Waals surface area contributed by atoms with Gasteiger partial charge in [-0.1, -0.05) is 64.8 Å². The van der Waals surface area contributed by atoms with E-state index >= 15 is 0 Å². The SMILES string of the molecule is Cc1onc(-c2c(Cl)cccc2Cl)c1C(=O)NC1CCC(Cc2ccccc2)(N(C)C)CC1. The van der Waals surface area contributed by atoms with E-state index < -0.39 is 0 Å². The number of aryl methyl sites for hydroxylation is 1. The number of aromatic nitrogens is 1. The van der Waals surface area contributed by atoms with E-state index in [2.05, 4.69) is 59.8 Å². The number of amides is 1. The maximum absolute atomic E-state index is 13.3. The standard InChI is InChI=1S/C26H29Cl2N3O2/c1-17-22(24(30-33-17)23-20(27)10-7-11-21(23)28)25(32)29-19-12-14-26(15-13-19,31(2)3)16-18-8-5-4-6-9-18/h4-11,19H,12-16H2,1-3H3,(H,29,32). The highest BCUT2D eigenvalue weighted by Crippen LogP contribution is 2.38. The van der Waals surface area contributed by atoms with Crippen molar-refractivity contribution in [1.29, 1.82) is 0 Å². The van der Waals surface area contributed by atoms with Crippen LogP contribution in [0.15, 0.2) is 53.1 Å². The van der Waals surface area contributed by atoms with Gasteiger partial charge in [-0.15, -0.1) is 0 Å². The first kappa shape index (κ1) is 23.8. The lowest BCUT2D eigenvalue weighted by atomic mass is 9.74. The number of rotatable bonds is 6. The van der Waals surface area contributed by atoms with Crippen LogP contribution in [0.5, 0.6) is 0 Å². The van der Waals surface area contributed by atoms with Crippen molar-refractivity contribution in [3.8, 4) is 11.3 Å². The van der Waals surface area contributed by atoms with Crippen LogP contribution < -0.4 is 5.32 Å². The Labute approximate surface area is 205 Å². The summed E-state index contributed by atoms with van der Waals surface area (Å²) in [5, 5.41) is 8.17. The maximum atomic E-state index is 13.3. The van der Waals surface area contributed by atoms with Crippen LogP contribution >= 0.6 is 23.2 Å². The molecule has 2 aromatic carbocycles. The first-order valence-corrected chi connectivity index (χ1v) is 12.0. The number of carbonyl (C=O) groups excluding carboxylic acids is 1. The number of halogens is 2. The zero-order chi connectivity index (χ0) is 23.6. The Bertz CT molecular complexity index is 1100. The van der Waals surface area contributed by atoms with Crippen LogP contribution in [0.3, 0.4) is 0 Å². The van der Waals surface area contributed by atoms with Crippen molar-refractivity contribution in [2.24, 2.45) is 0 Å². The minimum Gasteiger partial charge on any atom is -0.360 e. The van der Waals surface area contributed by atoms with Crippen LogP contribution in [0, 0.1) is 6.92 Å². The second-order valence-electron chi connectivity index (χ2n) is 9.09. The van der Waals surface area contributed by atoms with Gasteiger partial charge in [-0.3, -0.25) is 4.79 Å². The molecule has 5 nitrogen and oxygen atoms in total. The summed E-state index contributed by atoms with van der Waals surface area (Å²) in [7, 11) is 4.31. The van der Waals surface area contributed by atoms with Gasteiger partial charge < -0.3 is 14.7 Å². The third-order valence-corrected chi connectivity index (χ3v) is 7.50. The Hall–Kier alpha value is -2.34. The van der Waals surface area contributed by atoms with Crippen molar-refractivity contribution in [3.63, 3.8) is 0 Å². The molecule has 3 aromatic rings. The van der Waals surface area contributed by atoms with Crippen molar-refractivity contribution in [2.45, 2.75) is 50.6 Å². The highest BCUT2D eigenvalue weighted by Gasteiger charge is 2.38. The molecule has 1 aliphatic carbocycles. The fourth-order valence-electron chi connectivity index (χ4n) is 4.85. The minimum absolute atomic E-state index is 0.0882. The summed E-state index contributed by atoms with van der Waals surface area (Å²) in [6, 6.07) is 15.9. The average Bonchev–Trinajstić information content (AvgIpc) is 3.16. The molecule has 4 rings (SSSR count). The predicted octanol–water partition coefficient (Wildman–Crippen LogP) is 6.17.